The van der Waals surface area contributed by atoms with Gasteiger partial charge in [0, 0.05) is 18.6 Å². The molecule has 0 aliphatic heterocycles. The SMILES string of the molecule is CN(CC1(N(C)C)CCC1)C(CN)C(F)(F)F. The van der Waals surface area contributed by atoms with Gasteiger partial charge in [-0.1, -0.05) is 0 Å². The lowest BCUT2D eigenvalue weighted by Gasteiger charge is -2.50. The number of nitrogens with two attached hydrogens (primary N) is 1. The van der Waals surface area contributed by atoms with E-state index in [-0.39, 0.29) is 12.1 Å². The molecule has 3 nitrogen and oxygen atoms in total. The highest BCUT2D eigenvalue weighted by Gasteiger charge is 2.46. The van der Waals surface area contributed by atoms with E-state index >= 15 is 0 Å². The van der Waals surface area contributed by atoms with Crippen LogP contribution in [0.4, 0.5) is 13.2 Å². The zero-order chi connectivity index (χ0) is 13.3. The van der Waals surface area contributed by atoms with Crippen LogP contribution in [0.5, 0.6) is 0 Å². The van der Waals surface area contributed by atoms with Crippen LogP contribution in [0.2, 0.25) is 0 Å². The summed E-state index contributed by atoms with van der Waals surface area (Å²) in [7, 11) is 5.37. The minimum Gasteiger partial charge on any atom is -0.329 e. The van der Waals surface area contributed by atoms with Crippen molar-refractivity contribution in [3.05, 3.63) is 0 Å². The Morgan fingerprint density at radius 1 is 1.24 bits per heavy atom. The summed E-state index contributed by atoms with van der Waals surface area (Å²) in [5, 5.41) is 0. The van der Waals surface area contributed by atoms with Crippen molar-refractivity contribution in [2.75, 3.05) is 34.2 Å². The molecule has 0 aromatic rings. The third-order valence-corrected chi connectivity index (χ3v) is 3.91. The van der Waals surface area contributed by atoms with Gasteiger partial charge in [-0.15, -0.1) is 0 Å². The minimum absolute atomic E-state index is 0.104. The summed E-state index contributed by atoms with van der Waals surface area (Å²) in [5.41, 5.74) is 5.14. The quantitative estimate of drug-likeness (QED) is 0.801. The highest BCUT2D eigenvalue weighted by Crippen LogP contribution is 2.37. The van der Waals surface area contributed by atoms with Gasteiger partial charge in [0.05, 0.1) is 0 Å². The fraction of sp³-hybridized carbons (Fsp3) is 1.00. The average molecular weight is 253 g/mol. The Morgan fingerprint density at radius 3 is 2.00 bits per heavy atom. The second-order valence-corrected chi connectivity index (χ2v) is 5.18. The Kier molecular flexibility index (Phi) is 4.43. The van der Waals surface area contributed by atoms with Crippen molar-refractivity contribution in [3.8, 4) is 0 Å². The zero-order valence-electron chi connectivity index (χ0n) is 10.7. The van der Waals surface area contributed by atoms with Crippen LogP contribution < -0.4 is 5.73 Å². The van der Waals surface area contributed by atoms with Gasteiger partial charge >= 0.3 is 6.18 Å². The molecular weight excluding hydrogens is 231 g/mol. The first-order valence-electron chi connectivity index (χ1n) is 5.87. The van der Waals surface area contributed by atoms with Crippen molar-refractivity contribution < 1.29 is 13.2 Å². The maximum absolute atomic E-state index is 12.7. The van der Waals surface area contributed by atoms with Crippen LogP contribution in [0.15, 0.2) is 0 Å². The van der Waals surface area contributed by atoms with Crippen molar-refractivity contribution >= 4 is 0 Å². The number of likely N-dealkylation sites (N-methyl/N-ethyl adjacent to an activating group) is 2. The van der Waals surface area contributed by atoms with Gasteiger partial charge in [0.25, 0.3) is 0 Å². The molecule has 0 radical (unpaired) electrons. The summed E-state index contributed by atoms with van der Waals surface area (Å²) in [6.07, 6.45) is -1.24. The molecule has 1 atom stereocenters. The minimum atomic E-state index is -4.25. The van der Waals surface area contributed by atoms with Crippen LogP contribution in [-0.2, 0) is 0 Å². The fourth-order valence-corrected chi connectivity index (χ4v) is 2.47. The molecular formula is C11H22F3N3. The molecule has 102 valence electrons. The highest BCUT2D eigenvalue weighted by atomic mass is 19.4. The molecule has 1 rings (SSSR count). The van der Waals surface area contributed by atoms with Crippen molar-refractivity contribution in [1.82, 2.24) is 9.80 Å². The molecule has 1 fully saturated rings. The number of rotatable bonds is 5. The number of hydrogen-bond acceptors (Lipinski definition) is 3. The zero-order valence-corrected chi connectivity index (χ0v) is 10.7. The van der Waals surface area contributed by atoms with Crippen molar-refractivity contribution in [3.63, 3.8) is 0 Å². The first-order valence-corrected chi connectivity index (χ1v) is 5.87. The van der Waals surface area contributed by atoms with E-state index < -0.39 is 12.2 Å². The first kappa shape index (κ1) is 14.7. The normalized spacial score (nSPS) is 21.7. The average Bonchev–Trinajstić information content (AvgIpc) is 2.09. The van der Waals surface area contributed by atoms with E-state index in [1.165, 1.54) is 11.9 Å². The smallest absolute Gasteiger partial charge is 0.329 e. The van der Waals surface area contributed by atoms with Crippen LogP contribution in [0.1, 0.15) is 19.3 Å². The van der Waals surface area contributed by atoms with Gasteiger partial charge in [0.2, 0.25) is 0 Å². The molecule has 2 N–H and O–H groups in total. The first-order chi connectivity index (χ1) is 7.73. The Morgan fingerprint density at radius 2 is 1.76 bits per heavy atom. The molecule has 0 aromatic heterocycles. The van der Waals surface area contributed by atoms with Gasteiger partial charge in [-0.3, -0.25) is 4.90 Å². The van der Waals surface area contributed by atoms with E-state index in [4.69, 9.17) is 5.73 Å². The third kappa shape index (κ3) is 3.11. The van der Waals surface area contributed by atoms with E-state index in [0.717, 1.165) is 19.3 Å². The second-order valence-electron chi connectivity index (χ2n) is 5.18. The Balaban J connectivity index is 2.67. The largest absolute Gasteiger partial charge is 0.405 e. The number of nitrogens with zero attached hydrogens (tertiary/aromatic N) is 2. The Hall–Kier alpha value is -0.330. The predicted molar refractivity (Wildman–Crippen MR) is 61.8 cm³/mol. The fourth-order valence-electron chi connectivity index (χ4n) is 2.47. The summed E-state index contributed by atoms with van der Waals surface area (Å²) < 4.78 is 38.2. The Bertz CT molecular complexity index is 249. The summed E-state index contributed by atoms with van der Waals surface area (Å²) in [6.45, 7) is 0.0326. The molecule has 1 unspecified atom stereocenters. The topological polar surface area (TPSA) is 32.5 Å². The van der Waals surface area contributed by atoms with Crippen LogP contribution >= 0.6 is 0 Å². The molecule has 0 heterocycles. The molecule has 17 heavy (non-hydrogen) atoms. The van der Waals surface area contributed by atoms with Crippen molar-refractivity contribution in [2.24, 2.45) is 5.73 Å². The Labute approximate surface area is 101 Å². The van der Waals surface area contributed by atoms with Crippen molar-refractivity contribution in [1.29, 1.82) is 0 Å². The van der Waals surface area contributed by atoms with Crippen LogP contribution in [-0.4, -0.2) is 61.8 Å². The van der Waals surface area contributed by atoms with Gasteiger partial charge in [0.1, 0.15) is 6.04 Å². The molecule has 0 spiro atoms. The standard InChI is InChI=1S/C11H22F3N3/c1-16(2)10(5-4-6-10)8-17(3)9(7-15)11(12,13)14/h9H,4-8,15H2,1-3H3. The van der Waals surface area contributed by atoms with Gasteiger partial charge < -0.3 is 10.6 Å². The lowest BCUT2D eigenvalue weighted by Crippen LogP contribution is -2.60. The molecule has 0 saturated heterocycles. The third-order valence-electron chi connectivity index (χ3n) is 3.91. The maximum atomic E-state index is 12.7. The molecule has 1 saturated carbocycles. The van der Waals surface area contributed by atoms with Gasteiger partial charge in [-0.2, -0.15) is 13.2 Å². The summed E-state index contributed by atoms with van der Waals surface area (Å²) in [6, 6.07) is -1.54. The summed E-state index contributed by atoms with van der Waals surface area (Å²) >= 11 is 0. The molecule has 0 amide bonds. The van der Waals surface area contributed by atoms with Crippen LogP contribution in [0.25, 0.3) is 0 Å². The predicted octanol–water partition coefficient (Wildman–Crippen LogP) is 1.29. The van der Waals surface area contributed by atoms with Gasteiger partial charge in [-0.25, -0.2) is 0 Å². The molecule has 0 bridgehead atoms. The van der Waals surface area contributed by atoms with E-state index in [2.05, 4.69) is 0 Å². The molecule has 6 heteroatoms. The van der Waals surface area contributed by atoms with Crippen LogP contribution in [0, 0.1) is 0 Å². The van der Waals surface area contributed by atoms with Crippen LogP contribution in [0.3, 0.4) is 0 Å². The molecule has 0 aromatic carbocycles. The number of halogens is 3. The van der Waals surface area contributed by atoms with Gasteiger partial charge in [-0.05, 0) is 40.4 Å². The lowest BCUT2D eigenvalue weighted by molar-refractivity contribution is -0.182. The summed E-state index contributed by atoms with van der Waals surface area (Å²) in [5.74, 6) is 0. The molecule has 1 aliphatic carbocycles. The highest BCUT2D eigenvalue weighted by molar-refractivity contribution is 4.99. The summed E-state index contributed by atoms with van der Waals surface area (Å²) in [4.78, 5) is 3.39. The van der Waals surface area contributed by atoms with E-state index in [0.29, 0.717) is 6.54 Å². The van der Waals surface area contributed by atoms with Crippen molar-refractivity contribution in [2.45, 2.75) is 37.0 Å². The van der Waals surface area contributed by atoms with E-state index in [1.807, 2.05) is 19.0 Å². The van der Waals surface area contributed by atoms with E-state index in [9.17, 15) is 13.2 Å². The maximum Gasteiger partial charge on any atom is 0.405 e. The number of alkyl halides is 3. The van der Waals surface area contributed by atoms with E-state index in [1.54, 1.807) is 0 Å². The molecule has 1 aliphatic rings. The van der Waals surface area contributed by atoms with Gasteiger partial charge in [0.15, 0.2) is 0 Å². The monoisotopic (exact) mass is 253 g/mol. The lowest BCUT2D eigenvalue weighted by atomic mass is 9.75. The second kappa shape index (κ2) is 5.12. The number of hydrogen-bond donors (Lipinski definition) is 1.